The van der Waals surface area contributed by atoms with Gasteiger partial charge in [0.15, 0.2) is 5.11 Å². The number of nitrogens with zero attached hydrogens (tertiary/aromatic N) is 3. The minimum absolute atomic E-state index is 0.244. The molecule has 1 N–H and O–H groups in total. The van der Waals surface area contributed by atoms with E-state index in [2.05, 4.69) is 20.1 Å². The zero-order valence-electron chi connectivity index (χ0n) is 12.8. The largest absolute Gasteiger partial charge is 0.346 e. The van der Waals surface area contributed by atoms with Crippen LogP contribution < -0.4 is 5.32 Å². The van der Waals surface area contributed by atoms with Crippen LogP contribution in [0.3, 0.4) is 0 Å². The van der Waals surface area contributed by atoms with Gasteiger partial charge in [0.05, 0.1) is 0 Å². The van der Waals surface area contributed by atoms with E-state index in [4.69, 9.17) is 12.2 Å². The Morgan fingerprint density at radius 1 is 1.04 bits per heavy atom. The standard InChI is InChI=1S/C17H19FN4S/c18-15-1-3-16(4-2-15)20-17(23)22-11-9-21(10-12-22)13-14-5-7-19-8-6-14/h1-8H,9-13H2,(H,20,23). The molecule has 0 spiro atoms. The van der Waals surface area contributed by atoms with E-state index in [0.717, 1.165) is 38.4 Å². The number of benzene rings is 1. The lowest BCUT2D eigenvalue weighted by Crippen LogP contribution is -2.49. The molecular formula is C17H19FN4S. The van der Waals surface area contributed by atoms with Crippen LogP contribution in [0.4, 0.5) is 10.1 Å². The van der Waals surface area contributed by atoms with Gasteiger partial charge in [0.2, 0.25) is 0 Å². The summed E-state index contributed by atoms with van der Waals surface area (Å²) in [7, 11) is 0. The monoisotopic (exact) mass is 330 g/mol. The number of thiocarbonyl (C=S) groups is 1. The Hall–Kier alpha value is -2.05. The molecule has 0 atom stereocenters. The fourth-order valence-corrected chi connectivity index (χ4v) is 2.89. The van der Waals surface area contributed by atoms with E-state index in [9.17, 15) is 4.39 Å². The zero-order valence-corrected chi connectivity index (χ0v) is 13.6. The molecule has 0 aliphatic carbocycles. The van der Waals surface area contributed by atoms with E-state index >= 15 is 0 Å². The molecule has 2 aromatic rings. The fourth-order valence-electron chi connectivity index (χ4n) is 2.59. The first kappa shape index (κ1) is 15.8. The number of aromatic nitrogens is 1. The summed E-state index contributed by atoms with van der Waals surface area (Å²) < 4.78 is 12.9. The molecule has 0 saturated carbocycles. The summed E-state index contributed by atoms with van der Waals surface area (Å²) in [5.41, 5.74) is 2.09. The molecule has 3 rings (SSSR count). The third-order valence-corrected chi connectivity index (χ3v) is 4.27. The molecule has 4 nitrogen and oxygen atoms in total. The highest BCUT2D eigenvalue weighted by Gasteiger charge is 2.19. The Morgan fingerprint density at radius 3 is 2.35 bits per heavy atom. The molecule has 0 amide bonds. The van der Waals surface area contributed by atoms with Crippen LogP contribution in [0.25, 0.3) is 0 Å². The maximum Gasteiger partial charge on any atom is 0.173 e. The smallest absolute Gasteiger partial charge is 0.173 e. The molecule has 1 saturated heterocycles. The molecule has 0 bridgehead atoms. The maximum absolute atomic E-state index is 12.9. The Kier molecular flexibility index (Phi) is 5.15. The van der Waals surface area contributed by atoms with Gasteiger partial charge in [-0.3, -0.25) is 9.88 Å². The summed E-state index contributed by atoms with van der Waals surface area (Å²) in [6, 6.07) is 10.3. The third kappa shape index (κ3) is 4.46. The van der Waals surface area contributed by atoms with Crippen molar-refractivity contribution in [3.8, 4) is 0 Å². The second kappa shape index (κ2) is 7.48. The fraction of sp³-hybridized carbons (Fsp3) is 0.294. The Bertz CT molecular complexity index is 639. The first-order valence-corrected chi connectivity index (χ1v) is 8.04. The van der Waals surface area contributed by atoms with Crippen molar-refractivity contribution in [1.29, 1.82) is 0 Å². The number of piperazine rings is 1. The van der Waals surface area contributed by atoms with E-state index in [1.165, 1.54) is 17.7 Å². The molecule has 1 aliphatic heterocycles. The molecule has 120 valence electrons. The van der Waals surface area contributed by atoms with Crippen molar-refractivity contribution >= 4 is 23.0 Å². The topological polar surface area (TPSA) is 31.4 Å². The number of hydrogen-bond acceptors (Lipinski definition) is 3. The van der Waals surface area contributed by atoms with Crippen molar-refractivity contribution < 1.29 is 4.39 Å². The number of pyridine rings is 1. The van der Waals surface area contributed by atoms with Gasteiger partial charge in [-0.1, -0.05) is 0 Å². The van der Waals surface area contributed by atoms with Crippen LogP contribution in [0, 0.1) is 5.82 Å². The van der Waals surface area contributed by atoms with Crippen molar-refractivity contribution in [3.63, 3.8) is 0 Å². The van der Waals surface area contributed by atoms with Gasteiger partial charge in [-0.05, 0) is 54.2 Å². The van der Waals surface area contributed by atoms with E-state index < -0.39 is 0 Å². The predicted molar refractivity (Wildman–Crippen MR) is 93.7 cm³/mol. The molecule has 0 radical (unpaired) electrons. The Balaban J connectivity index is 1.48. The first-order valence-electron chi connectivity index (χ1n) is 7.63. The lowest BCUT2D eigenvalue weighted by Gasteiger charge is -2.36. The van der Waals surface area contributed by atoms with Crippen molar-refractivity contribution in [1.82, 2.24) is 14.8 Å². The van der Waals surface area contributed by atoms with Gasteiger partial charge in [0.1, 0.15) is 5.82 Å². The molecule has 1 aliphatic rings. The van der Waals surface area contributed by atoms with Crippen LogP contribution >= 0.6 is 12.2 Å². The van der Waals surface area contributed by atoms with Gasteiger partial charge in [0.25, 0.3) is 0 Å². The number of halogens is 1. The molecule has 1 fully saturated rings. The van der Waals surface area contributed by atoms with Crippen LogP contribution in [-0.4, -0.2) is 46.1 Å². The normalized spacial score (nSPS) is 15.4. The number of hydrogen-bond donors (Lipinski definition) is 1. The van der Waals surface area contributed by atoms with Gasteiger partial charge in [-0.15, -0.1) is 0 Å². The number of anilines is 1. The van der Waals surface area contributed by atoms with Crippen molar-refractivity contribution in [2.24, 2.45) is 0 Å². The van der Waals surface area contributed by atoms with Crippen LogP contribution in [0.5, 0.6) is 0 Å². The molecule has 2 heterocycles. The van der Waals surface area contributed by atoms with E-state index in [1.807, 2.05) is 24.5 Å². The Labute approximate surface area is 140 Å². The number of nitrogens with one attached hydrogen (secondary N) is 1. The van der Waals surface area contributed by atoms with Gasteiger partial charge in [0, 0.05) is 50.8 Å². The summed E-state index contributed by atoms with van der Waals surface area (Å²) in [6.45, 7) is 4.64. The molecule has 23 heavy (non-hydrogen) atoms. The summed E-state index contributed by atoms with van der Waals surface area (Å²) in [5.74, 6) is -0.244. The summed E-state index contributed by atoms with van der Waals surface area (Å²) in [5, 5.41) is 3.86. The predicted octanol–water partition coefficient (Wildman–Crippen LogP) is 2.74. The van der Waals surface area contributed by atoms with E-state index in [0.29, 0.717) is 5.11 Å². The molecule has 1 aromatic carbocycles. The van der Waals surface area contributed by atoms with Gasteiger partial charge >= 0.3 is 0 Å². The second-order valence-electron chi connectivity index (χ2n) is 5.56. The van der Waals surface area contributed by atoms with Crippen LogP contribution in [-0.2, 0) is 6.54 Å². The van der Waals surface area contributed by atoms with Gasteiger partial charge in [-0.25, -0.2) is 4.39 Å². The minimum Gasteiger partial charge on any atom is -0.346 e. The van der Waals surface area contributed by atoms with E-state index in [1.54, 1.807) is 12.1 Å². The van der Waals surface area contributed by atoms with Crippen molar-refractivity contribution in [3.05, 3.63) is 60.2 Å². The van der Waals surface area contributed by atoms with Crippen LogP contribution in [0.1, 0.15) is 5.56 Å². The van der Waals surface area contributed by atoms with E-state index in [-0.39, 0.29) is 5.82 Å². The highest BCUT2D eigenvalue weighted by atomic mass is 32.1. The van der Waals surface area contributed by atoms with Gasteiger partial charge in [-0.2, -0.15) is 0 Å². The van der Waals surface area contributed by atoms with Crippen molar-refractivity contribution in [2.75, 3.05) is 31.5 Å². The third-order valence-electron chi connectivity index (χ3n) is 3.91. The van der Waals surface area contributed by atoms with Gasteiger partial charge < -0.3 is 10.2 Å². The summed E-state index contributed by atoms with van der Waals surface area (Å²) in [6.07, 6.45) is 3.65. The Morgan fingerprint density at radius 2 is 1.70 bits per heavy atom. The molecule has 6 heteroatoms. The highest BCUT2D eigenvalue weighted by molar-refractivity contribution is 7.80. The lowest BCUT2D eigenvalue weighted by atomic mass is 10.2. The average Bonchev–Trinajstić information content (AvgIpc) is 2.58. The molecule has 0 unspecified atom stereocenters. The maximum atomic E-state index is 12.9. The quantitative estimate of drug-likeness (QED) is 0.875. The summed E-state index contributed by atoms with van der Waals surface area (Å²) in [4.78, 5) is 8.61. The van der Waals surface area contributed by atoms with Crippen molar-refractivity contribution in [2.45, 2.75) is 6.54 Å². The summed E-state index contributed by atoms with van der Waals surface area (Å²) >= 11 is 5.45. The van der Waals surface area contributed by atoms with Crippen LogP contribution in [0.15, 0.2) is 48.8 Å². The second-order valence-corrected chi connectivity index (χ2v) is 5.94. The minimum atomic E-state index is -0.244. The molecular weight excluding hydrogens is 311 g/mol. The lowest BCUT2D eigenvalue weighted by molar-refractivity contribution is 0.177. The highest BCUT2D eigenvalue weighted by Crippen LogP contribution is 2.12. The molecule has 1 aromatic heterocycles. The first-order chi connectivity index (χ1) is 11.2. The number of rotatable bonds is 3. The zero-order chi connectivity index (χ0) is 16.1. The van der Waals surface area contributed by atoms with Crippen LogP contribution in [0.2, 0.25) is 0 Å². The SMILES string of the molecule is Fc1ccc(NC(=S)N2CCN(Cc3ccncc3)CC2)cc1. The average molecular weight is 330 g/mol.